The molecular weight excluding hydrogens is 476 g/mol. The zero-order valence-electron chi connectivity index (χ0n) is 22.7. The summed E-state index contributed by atoms with van der Waals surface area (Å²) in [5, 5.41) is 14.9. The minimum absolute atomic E-state index is 0.0116. The number of aromatic amines is 1. The van der Waals surface area contributed by atoms with Gasteiger partial charge in [0.15, 0.2) is 5.78 Å². The van der Waals surface area contributed by atoms with E-state index in [1.54, 1.807) is 6.92 Å². The molecule has 3 aliphatic rings. The minimum Gasteiger partial charge on any atom is -0.381 e. The van der Waals surface area contributed by atoms with Crippen LogP contribution in [0.2, 0.25) is 0 Å². The van der Waals surface area contributed by atoms with Crippen LogP contribution in [-0.4, -0.2) is 39.7 Å². The van der Waals surface area contributed by atoms with Gasteiger partial charge in [0.2, 0.25) is 5.91 Å². The second-order valence-electron chi connectivity index (χ2n) is 11.6. The van der Waals surface area contributed by atoms with Gasteiger partial charge in [-0.25, -0.2) is 0 Å². The number of benzene rings is 1. The number of amides is 1. The Morgan fingerprint density at radius 3 is 2.58 bits per heavy atom. The van der Waals surface area contributed by atoms with Crippen molar-refractivity contribution in [2.24, 2.45) is 29.1 Å². The summed E-state index contributed by atoms with van der Waals surface area (Å²) < 4.78 is 0. The number of ketones is 2. The van der Waals surface area contributed by atoms with E-state index < -0.39 is 11.5 Å². The maximum Gasteiger partial charge on any atom is 0.235 e. The first-order valence-corrected chi connectivity index (χ1v) is 13.8. The molecule has 1 amide bonds. The maximum atomic E-state index is 14.2. The van der Waals surface area contributed by atoms with Gasteiger partial charge in [-0.1, -0.05) is 61.9 Å². The fourth-order valence-electron chi connectivity index (χ4n) is 7.12. The number of carbonyl (C=O) groups is 3. The van der Waals surface area contributed by atoms with Crippen LogP contribution in [0.15, 0.2) is 65.9 Å². The van der Waals surface area contributed by atoms with Crippen molar-refractivity contribution in [2.45, 2.75) is 65.5 Å². The van der Waals surface area contributed by atoms with E-state index in [0.29, 0.717) is 18.4 Å². The molecule has 1 aromatic carbocycles. The Hall–Kier alpha value is -3.25. The summed E-state index contributed by atoms with van der Waals surface area (Å²) in [6.07, 6.45) is 10.0. The van der Waals surface area contributed by atoms with Gasteiger partial charge in [0.05, 0.1) is 0 Å². The highest BCUT2D eigenvalue weighted by Crippen LogP contribution is 2.55. The number of nitrogens with one attached hydrogen (secondary N) is 2. The molecule has 7 atom stereocenters. The van der Waals surface area contributed by atoms with E-state index in [1.165, 1.54) is 5.57 Å². The van der Waals surface area contributed by atoms with Crippen LogP contribution in [-0.2, 0) is 20.8 Å². The first-order valence-electron chi connectivity index (χ1n) is 13.8. The highest BCUT2D eigenvalue weighted by Gasteiger charge is 2.65. The number of aliphatic hydroxyl groups is 1. The van der Waals surface area contributed by atoms with Gasteiger partial charge in [0.25, 0.3) is 0 Å². The molecule has 2 aromatic rings. The molecule has 7 unspecified atom stereocenters. The summed E-state index contributed by atoms with van der Waals surface area (Å²) in [6, 6.07) is 7.89. The van der Waals surface area contributed by atoms with Crippen LogP contribution >= 0.6 is 0 Å². The fraction of sp³-hybridized carbons (Fsp3) is 0.469. The second-order valence-corrected chi connectivity index (χ2v) is 11.6. The summed E-state index contributed by atoms with van der Waals surface area (Å²) in [7, 11) is 0. The van der Waals surface area contributed by atoms with Crippen molar-refractivity contribution in [1.29, 1.82) is 0 Å². The summed E-state index contributed by atoms with van der Waals surface area (Å²) in [5.74, 6) is -1.34. The molecule has 1 spiro atoms. The number of hydrogen-bond acceptors (Lipinski definition) is 4. The van der Waals surface area contributed by atoms with Crippen LogP contribution in [0.1, 0.15) is 52.5 Å². The molecule has 0 bridgehead atoms. The Morgan fingerprint density at radius 1 is 1.03 bits per heavy atom. The Bertz CT molecular complexity index is 1360. The average Bonchev–Trinajstić information content (AvgIpc) is 3.43. The third-order valence-corrected chi connectivity index (χ3v) is 9.19. The molecule has 38 heavy (non-hydrogen) atoms. The van der Waals surface area contributed by atoms with Crippen LogP contribution in [0.4, 0.5) is 0 Å². The van der Waals surface area contributed by atoms with E-state index in [2.05, 4.69) is 42.4 Å². The molecule has 0 radical (unpaired) electrons. The van der Waals surface area contributed by atoms with E-state index in [9.17, 15) is 19.5 Å². The second kappa shape index (κ2) is 10.1. The van der Waals surface area contributed by atoms with E-state index in [0.717, 1.165) is 16.5 Å². The molecule has 1 fully saturated rings. The number of allylic oxidation sites excluding steroid dienone is 5. The van der Waals surface area contributed by atoms with Crippen molar-refractivity contribution in [3.63, 3.8) is 0 Å². The van der Waals surface area contributed by atoms with Crippen molar-refractivity contribution in [3.8, 4) is 0 Å². The number of Topliss-reactive ketones (excluding diaryl/α,β-unsaturated/α-hetero) is 2. The van der Waals surface area contributed by atoms with Gasteiger partial charge in [0, 0.05) is 47.8 Å². The number of para-hydroxylation sites is 1. The normalized spacial score (nSPS) is 34.4. The molecule has 0 saturated carbocycles. The van der Waals surface area contributed by atoms with Gasteiger partial charge < -0.3 is 15.4 Å². The average molecular weight is 515 g/mol. The highest BCUT2D eigenvalue weighted by atomic mass is 16.3. The zero-order valence-corrected chi connectivity index (χ0v) is 22.7. The lowest BCUT2D eigenvalue weighted by Crippen LogP contribution is -2.52. The SMILES string of the molecule is CC1=CC(C)CC=CC2C=C(C)C(C)C3C(Cc4c[nH]c5ccccc45)NC(=O)C23C(=O)CCC(=O)C1O. The third-order valence-electron chi connectivity index (χ3n) is 9.19. The van der Waals surface area contributed by atoms with E-state index in [1.807, 2.05) is 43.5 Å². The number of rotatable bonds is 2. The Kier molecular flexibility index (Phi) is 7.03. The predicted octanol–water partition coefficient (Wildman–Crippen LogP) is 4.85. The van der Waals surface area contributed by atoms with Gasteiger partial charge in [-0.15, -0.1) is 0 Å². The lowest BCUT2D eigenvalue weighted by Gasteiger charge is -2.44. The Balaban J connectivity index is 1.58. The van der Waals surface area contributed by atoms with Crippen molar-refractivity contribution in [2.75, 3.05) is 0 Å². The number of H-pyrrole nitrogens is 1. The monoisotopic (exact) mass is 514 g/mol. The molecule has 2 aliphatic carbocycles. The zero-order chi connectivity index (χ0) is 27.2. The van der Waals surface area contributed by atoms with E-state index in [-0.39, 0.29) is 60.0 Å². The largest absolute Gasteiger partial charge is 0.381 e. The summed E-state index contributed by atoms with van der Waals surface area (Å²) in [6.45, 7) is 8.00. The number of hydrogen-bond donors (Lipinski definition) is 3. The van der Waals surface area contributed by atoms with Crippen molar-refractivity contribution in [1.82, 2.24) is 10.3 Å². The van der Waals surface area contributed by atoms with Crippen LogP contribution in [0, 0.1) is 29.1 Å². The number of aliphatic hydroxyl groups excluding tert-OH is 1. The topological polar surface area (TPSA) is 99.3 Å². The molecule has 1 aromatic heterocycles. The van der Waals surface area contributed by atoms with Crippen molar-refractivity contribution >= 4 is 28.4 Å². The van der Waals surface area contributed by atoms with E-state index in [4.69, 9.17) is 0 Å². The van der Waals surface area contributed by atoms with Crippen LogP contribution in [0.3, 0.4) is 0 Å². The lowest BCUT2D eigenvalue weighted by atomic mass is 9.54. The van der Waals surface area contributed by atoms with Crippen LogP contribution in [0.25, 0.3) is 10.9 Å². The molecule has 2 heterocycles. The van der Waals surface area contributed by atoms with Gasteiger partial charge in [-0.3, -0.25) is 14.4 Å². The summed E-state index contributed by atoms with van der Waals surface area (Å²) in [4.78, 5) is 44.4. The van der Waals surface area contributed by atoms with Crippen molar-refractivity contribution < 1.29 is 19.5 Å². The molecule has 200 valence electrons. The molecule has 6 nitrogen and oxygen atoms in total. The number of aromatic nitrogens is 1. The standard InChI is InChI=1S/C32H38N2O4/c1-18-8-7-9-23-15-19(2)21(4)29-26(16-22-17-33-25-11-6-5-10-24(22)25)34-31(38)32(23,29)28(36)13-12-27(35)30(37)20(3)14-18/h5-7,9-11,14-15,17-18,21,23,26,29-30,33,37H,8,12-13,16H2,1-4H3,(H,34,38). The minimum atomic E-state index is -1.28. The lowest BCUT2D eigenvalue weighted by molar-refractivity contribution is -0.146. The van der Waals surface area contributed by atoms with Gasteiger partial charge in [-0.2, -0.15) is 0 Å². The first-order chi connectivity index (χ1) is 18.1. The number of fused-ring (bicyclic) bond motifs is 1. The molecule has 5 rings (SSSR count). The van der Waals surface area contributed by atoms with Gasteiger partial charge in [0.1, 0.15) is 17.3 Å². The molecule has 6 heteroatoms. The number of carbonyl (C=O) groups excluding carboxylic acids is 3. The smallest absolute Gasteiger partial charge is 0.235 e. The van der Waals surface area contributed by atoms with Gasteiger partial charge >= 0.3 is 0 Å². The highest BCUT2D eigenvalue weighted by molar-refractivity contribution is 6.10. The fourth-order valence-corrected chi connectivity index (χ4v) is 7.12. The molecule has 3 N–H and O–H groups in total. The third kappa shape index (κ3) is 4.29. The molecular formula is C32H38N2O4. The quantitative estimate of drug-likeness (QED) is 0.394. The predicted molar refractivity (Wildman–Crippen MR) is 148 cm³/mol. The molecule has 1 saturated heterocycles. The Morgan fingerprint density at radius 2 is 1.79 bits per heavy atom. The van der Waals surface area contributed by atoms with Crippen LogP contribution in [0.5, 0.6) is 0 Å². The van der Waals surface area contributed by atoms with Gasteiger partial charge in [-0.05, 0) is 55.7 Å². The van der Waals surface area contributed by atoms with Crippen LogP contribution < -0.4 is 5.32 Å². The molecule has 1 aliphatic heterocycles. The van der Waals surface area contributed by atoms with Crippen molar-refractivity contribution in [3.05, 3.63) is 71.5 Å². The maximum absolute atomic E-state index is 14.2. The summed E-state index contributed by atoms with van der Waals surface area (Å²) in [5.41, 5.74) is 2.66. The van der Waals surface area contributed by atoms with E-state index >= 15 is 0 Å². The Labute approximate surface area is 224 Å². The summed E-state index contributed by atoms with van der Waals surface area (Å²) >= 11 is 0. The first kappa shape index (κ1) is 26.4.